The number of nitrogens with zero attached hydrogens (tertiary/aromatic N) is 2. The fraction of sp³-hybridized carbons (Fsp3) is 0.538. The fourth-order valence-corrected chi connectivity index (χ4v) is 2.22. The summed E-state index contributed by atoms with van der Waals surface area (Å²) < 4.78 is 37.2. The second-order valence-electron chi connectivity index (χ2n) is 5.11. The molecule has 1 aromatic heterocycles. The number of carbonyl (C=O) groups is 1. The third-order valence-electron chi connectivity index (χ3n) is 3.56. The van der Waals surface area contributed by atoms with E-state index in [1.807, 2.05) is 6.92 Å². The molecule has 2 rings (SSSR count). The van der Waals surface area contributed by atoms with Crippen LogP contribution in [0.25, 0.3) is 0 Å². The second kappa shape index (κ2) is 7.99. The Hall–Kier alpha value is -1.05. The van der Waals surface area contributed by atoms with Gasteiger partial charge in [0.25, 0.3) is 5.91 Å². The molecule has 1 saturated heterocycles. The molecule has 1 aliphatic heterocycles. The van der Waals surface area contributed by atoms with Crippen LogP contribution in [0.2, 0.25) is 0 Å². The first kappa shape index (κ1) is 20.9. The van der Waals surface area contributed by atoms with Gasteiger partial charge in [-0.2, -0.15) is 13.2 Å². The first-order valence-corrected chi connectivity index (χ1v) is 6.37. The molecule has 1 fully saturated rings. The van der Waals surface area contributed by atoms with Crippen molar-refractivity contribution in [1.82, 2.24) is 9.88 Å². The number of hydrogen-bond donors (Lipinski definition) is 1. The first-order valence-electron chi connectivity index (χ1n) is 6.37. The van der Waals surface area contributed by atoms with E-state index in [9.17, 15) is 18.0 Å². The number of halogens is 5. The lowest BCUT2D eigenvalue weighted by Crippen LogP contribution is -2.48. The van der Waals surface area contributed by atoms with E-state index in [0.29, 0.717) is 19.5 Å². The number of carbonyl (C=O) groups excluding carboxylic acids is 1. The van der Waals surface area contributed by atoms with Gasteiger partial charge in [-0.1, -0.05) is 6.92 Å². The Morgan fingerprint density at radius 1 is 1.36 bits per heavy atom. The Bertz CT molecular complexity index is 496. The zero-order chi connectivity index (χ0) is 14.9. The number of rotatable bonds is 1. The standard InChI is InChI=1S/C13H16F3N3O.2ClH/c1-8-7-19(5-4-10(8)17)12(20)9-2-3-11(18-6-9)13(14,15)16;;/h2-3,6,8,10H,4-5,7,17H2,1H3;2*1H. The fourth-order valence-electron chi connectivity index (χ4n) is 2.22. The van der Waals surface area contributed by atoms with E-state index in [-0.39, 0.29) is 48.2 Å². The van der Waals surface area contributed by atoms with Crippen LogP contribution in [0.1, 0.15) is 29.4 Å². The van der Waals surface area contributed by atoms with Gasteiger partial charge in [0.2, 0.25) is 0 Å². The number of piperidine rings is 1. The summed E-state index contributed by atoms with van der Waals surface area (Å²) in [7, 11) is 0. The summed E-state index contributed by atoms with van der Waals surface area (Å²) in [6.07, 6.45) is -2.82. The molecule has 4 nitrogen and oxygen atoms in total. The van der Waals surface area contributed by atoms with Crippen molar-refractivity contribution in [2.24, 2.45) is 11.7 Å². The van der Waals surface area contributed by atoms with E-state index in [1.54, 1.807) is 4.90 Å². The van der Waals surface area contributed by atoms with Crippen molar-refractivity contribution >= 4 is 30.7 Å². The highest BCUT2D eigenvalue weighted by molar-refractivity contribution is 5.94. The highest BCUT2D eigenvalue weighted by Gasteiger charge is 2.33. The Morgan fingerprint density at radius 3 is 2.45 bits per heavy atom. The van der Waals surface area contributed by atoms with Crippen LogP contribution in [0.5, 0.6) is 0 Å². The summed E-state index contributed by atoms with van der Waals surface area (Å²) in [5.41, 5.74) is 5.04. The van der Waals surface area contributed by atoms with Crippen LogP contribution in [-0.2, 0) is 6.18 Å². The van der Waals surface area contributed by atoms with Gasteiger partial charge in [-0.3, -0.25) is 9.78 Å². The Kier molecular flexibility index (Phi) is 7.61. The van der Waals surface area contributed by atoms with Gasteiger partial charge in [-0.15, -0.1) is 24.8 Å². The molecule has 0 aromatic carbocycles. The Morgan fingerprint density at radius 2 is 2.00 bits per heavy atom. The molecule has 0 spiro atoms. The molecule has 126 valence electrons. The van der Waals surface area contributed by atoms with Gasteiger partial charge in [0.1, 0.15) is 5.69 Å². The van der Waals surface area contributed by atoms with Crippen molar-refractivity contribution < 1.29 is 18.0 Å². The van der Waals surface area contributed by atoms with E-state index >= 15 is 0 Å². The summed E-state index contributed by atoms with van der Waals surface area (Å²) >= 11 is 0. The molecule has 2 unspecified atom stereocenters. The van der Waals surface area contributed by atoms with Crippen molar-refractivity contribution in [1.29, 1.82) is 0 Å². The highest BCUT2D eigenvalue weighted by Crippen LogP contribution is 2.27. The average Bonchev–Trinajstić information content (AvgIpc) is 2.40. The van der Waals surface area contributed by atoms with Crippen molar-refractivity contribution in [2.75, 3.05) is 13.1 Å². The molecule has 1 aliphatic rings. The molecule has 22 heavy (non-hydrogen) atoms. The SMILES string of the molecule is CC1CN(C(=O)c2ccc(C(F)(F)F)nc2)CCC1N.Cl.Cl. The number of pyridine rings is 1. The van der Waals surface area contributed by atoms with Crippen LogP contribution in [0.4, 0.5) is 13.2 Å². The van der Waals surface area contributed by atoms with Crippen LogP contribution in [0, 0.1) is 5.92 Å². The molecule has 1 amide bonds. The zero-order valence-corrected chi connectivity index (χ0v) is 13.5. The average molecular weight is 360 g/mol. The minimum Gasteiger partial charge on any atom is -0.338 e. The van der Waals surface area contributed by atoms with E-state index < -0.39 is 11.9 Å². The van der Waals surface area contributed by atoms with Gasteiger partial charge in [0.05, 0.1) is 5.56 Å². The number of amides is 1. The number of nitrogens with two attached hydrogens (primary N) is 1. The zero-order valence-electron chi connectivity index (χ0n) is 11.8. The lowest BCUT2D eigenvalue weighted by molar-refractivity contribution is -0.141. The number of likely N-dealkylation sites (tertiary alicyclic amines) is 1. The summed E-state index contributed by atoms with van der Waals surface area (Å²) in [6, 6.07) is 2.05. The maximum Gasteiger partial charge on any atom is 0.433 e. The Labute approximate surface area is 139 Å². The van der Waals surface area contributed by atoms with Crippen molar-refractivity contribution in [3.63, 3.8) is 0 Å². The summed E-state index contributed by atoms with van der Waals surface area (Å²) in [5.74, 6) is -0.125. The maximum atomic E-state index is 12.4. The van der Waals surface area contributed by atoms with Gasteiger partial charge >= 0.3 is 6.18 Å². The summed E-state index contributed by atoms with van der Waals surface area (Å²) in [4.78, 5) is 17.1. The number of aromatic nitrogens is 1. The topological polar surface area (TPSA) is 59.2 Å². The lowest BCUT2D eigenvalue weighted by atomic mass is 9.94. The van der Waals surface area contributed by atoms with Crippen LogP contribution >= 0.6 is 24.8 Å². The van der Waals surface area contributed by atoms with Gasteiger partial charge in [0, 0.05) is 25.3 Å². The molecule has 0 aliphatic carbocycles. The van der Waals surface area contributed by atoms with Crippen LogP contribution in [0.15, 0.2) is 18.3 Å². The van der Waals surface area contributed by atoms with Crippen molar-refractivity contribution in [3.8, 4) is 0 Å². The highest BCUT2D eigenvalue weighted by atomic mass is 35.5. The minimum atomic E-state index is -4.49. The maximum absolute atomic E-state index is 12.4. The predicted octanol–water partition coefficient (Wildman–Crippen LogP) is 2.75. The quantitative estimate of drug-likeness (QED) is 0.838. The van der Waals surface area contributed by atoms with Crippen LogP contribution in [-0.4, -0.2) is 34.9 Å². The van der Waals surface area contributed by atoms with E-state index in [4.69, 9.17) is 5.73 Å². The third kappa shape index (κ3) is 4.72. The van der Waals surface area contributed by atoms with E-state index in [0.717, 1.165) is 18.3 Å². The predicted molar refractivity (Wildman–Crippen MR) is 81.4 cm³/mol. The lowest BCUT2D eigenvalue weighted by Gasteiger charge is -2.35. The number of hydrogen-bond acceptors (Lipinski definition) is 3. The molecule has 9 heteroatoms. The van der Waals surface area contributed by atoms with E-state index in [1.165, 1.54) is 0 Å². The largest absolute Gasteiger partial charge is 0.433 e. The molecule has 0 saturated carbocycles. The van der Waals surface area contributed by atoms with Gasteiger partial charge < -0.3 is 10.6 Å². The van der Waals surface area contributed by atoms with Crippen molar-refractivity contribution in [3.05, 3.63) is 29.6 Å². The van der Waals surface area contributed by atoms with Gasteiger partial charge in [-0.05, 0) is 24.5 Å². The molecular weight excluding hydrogens is 342 g/mol. The van der Waals surface area contributed by atoms with Crippen LogP contribution < -0.4 is 5.73 Å². The molecular formula is C13H18Cl2F3N3O. The Balaban J connectivity index is 0.00000220. The van der Waals surface area contributed by atoms with Crippen LogP contribution in [0.3, 0.4) is 0 Å². The molecule has 2 N–H and O–H groups in total. The van der Waals surface area contributed by atoms with Gasteiger partial charge in [-0.25, -0.2) is 0 Å². The molecule has 0 radical (unpaired) electrons. The normalized spacial score (nSPS) is 21.6. The van der Waals surface area contributed by atoms with E-state index in [2.05, 4.69) is 4.98 Å². The molecule has 0 bridgehead atoms. The molecule has 2 heterocycles. The smallest absolute Gasteiger partial charge is 0.338 e. The summed E-state index contributed by atoms with van der Waals surface area (Å²) in [5, 5.41) is 0. The number of alkyl halides is 3. The summed E-state index contributed by atoms with van der Waals surface area (Å²) in [6.45, 7) is 2.99. The molecule has 2 atom stereocenters. The van der Waals surface area contributed by atoms with Crippen molar-refractivity contribution in [2.45, 2.75) is 25.6 Å². The molecule has 1 aromatic rings. The first-order chi connectivity index (χ1) is 9.29. The second-order valence-corrected chi connectivity index (χ2v) is 5.11. The monoisotopic (exact) mass is 359 g/mol. The third-order valence-corrected chi connectivity index (χ3v) is 3.56. The van der Waals surface area contributed by atoms with Gasteiger partial charge in [0.15, 0.2) is 0 Å². The minimum absolute atomic E-state index is 0.